The number of likely N-dealkylation sites (tertiary alicyclic amines) is 1. The molecule has 0 saturated carbocycles. The number of ether oxygens (including phenoxy) is 1. The molecule has 0 amide bonds. The number of halogens is 1. The van der Waals surface area contributed by atoms with Gasteiger partial charge in [-0.1, -0.05) is 13.8 Å². The molecular formula is C25H33FN6O2S. The van der Waals surface area contributed by atoms with Gasteiger partial charge in [0.15, 0.2) is 17.3 Å². The van der Waals surface area contributed by atoms with Crippen LogP contribution in [0.4, 0.5) is 16.0 Å². The number of ketones is 1. The van der Waals surface area contributed by atoms with E-state index in [1.165, 1.54) is 13.2 Å². The van der Waals surface area contributed by atoms with Gasteiger partial charge < -0.3 is 15.0 Å². The number of rotatable bonds is 10. The lowest BCUT2D eigenvalue weighted by atomic mass is 10.00. The van der Waals surface area contributed by atoms with Crippen LogP contribution >= 0.6 is 13.5 Å². The van der Waals surface area contributed by atoms with Crippen molar-refractivity contribution in [3.05, 3.63) is 59.4 Å². The molecule has 1 aromatic carbocycles. The SMILES string of the molecule is CCC(=O)c1cc(CCc2cnc(Nc3cnn([C@H]4CCN(CC)C4)c3)nc2)c(F)c(OC)c1.S. The van der Waals surface area contributed by atoms with E-state index in [4.69, 9.17) is 4.74 Å². The highest BCUT2D eigenvalue weighted by atomic mass is 32.1. The Balaban J connectivity index is 0.00000342. The number of aryl methyl sites for hydroxylation is 2. The first-order valence-electron chi connectivity index (χ1n) is 11.7. The van der Waals surface area contributed by atoms with Crippen LogP contribution in [0.5, 0.6) is 5.75 Å². The average molecular weight is 501 g/mol. The van der Waals surface area contributed by atoms with Gasteiger partial charge in [0, 0.05) is 43.7 Å². The van der Waals surface area contributed by atoms with Crippen LogP contribution in [0, 0.1) is 5.82 Å². The molecule has 3 heterocycles. The van der Waals surface area contributed by atoms with Gasteiger partial charge in [-0.25, -0.2) is 14.4 Å². The van der Waals surface area contributed by atoms with E-state index in [0.717, 1.165) is 37.3 Å². The van der Waals surface area contributed by atoms with Crippen molar-refractivity contribution in [3.63, 3.8) is 0 Å². The second-order valence-corrected chi connectivity index (χ2v) is 8.51. The highest BCUT2D eigenvalue weighted by molar-refractivity contribution is 7.59. The highest BCUT2D eigenvalue weighted by Crippen LogP contribution is 2.26. The second kappa shape index (κ2) is 12.1. The Bertz CT molecular complexity index is 1140. The molecule has 0 aliphatic carbocycles. The molecule has 0 radical (unpaired) electrons. The minimum Gasteiger partial charge on any atom is -0.494 e. The summed E-state index contributed by atoms with van der Waals surface area (Å²) in [6.45, 7) is 7.14. The van der Waals surface area contributed by atoms with Crippen LogP contribution in [0.3, 0.4) is 0 Å². The number of hydrogen-bond donors (Lipinski definition) is 1. The Morgan fingerprint density at radius 2 is 1.97 bits per heavy atom. The summed E-state index contributed by atoms with van der Waals surface area (Å²) >= 11 is 0. The van der Waals surface area contributed by atoms with Crippen LogP contribution < -0.4 is 10.1 Å². The van der Waals surface area contributed by atoms with Crippen LogP contribution in [0.25, 0.3) is 0 Å². The number of nitrogens with zero attached hydrogens (tertiary/aromatic N) is 5. The maximum Gasteiger partial charge on any atom is 0.227 e. The largest absolute Gasteiger partial charge is 0.494 e. The number of carbonyl (C=O) groups is 1. The normalized spacial score (nSPS) is 15.6. The van der Waals surface area contributed by atoms with Gasteiger partial charge in [0.1, 0.15) is 0 Å². The highest BCUT2D eigenvalue weighted by Gasteiger charge is 2.23. The maximum absolute atomic E-state index is 14.7. The number of Topliss-reactive ketones (excluding diaryl/α,β-unsaturated/α-hetero) is 1. The molecule has 188 valence electrons. The van der Waals surface area contributed by atoms with Crippen molar-refractivity contribution in [1.29, 1.82) is 0 Å². The smallest absolute Gasteiger partial charge is 0.227 e. The molecule has 1 aliphatic heterocycles. The minimum atomic E-state index is -0.435. The van der Waals surface area contributed by atoms with Gasteiger partial charge in [-0.05, 0) is 49.1 Å². The predicted molar refractivity (Wildman–Crippen MR) is 139 cm³/mol. The van der Waals surface area contributed by atoms with Crippen molar-refractivity contribution < 1.29 is 13.9 Å². The molecule has 1 fully saturated rings. The van der Waals surface area contributed by atoms with Crippen LogP contribution in [0.15, 0.2) is 36.9 Å². The van der Waals surface area contributed by atoms with E-state index in [2.05, 4.69) is 32.2 Å². The number of aromatic nitrogens is 4. The van der Waals surface area contributed by atoms with E-state index >= 15 is 0 Å². The summed E-state index contributed by atoms with van der Waals surface area (Å²) in [5.41, 5.74) is 2.62. The van der Waals surface area contributed by atoms with Crippen LogP contribution in [-0.2, 0) is 12.8 Å². The predicted octanol–water partition coefficient (Wildman–Crippen LogP) is 4.32. The number of likely N-dealkylation sites (N-methyl/N-ethyl adjacent to an activating group) is 1. The standard InChI is InChI=1S/C25H31FN6O2.H2S/c1-4-22(33)19-10-18(24(26)23(11-19)34-3)7-6-17-12-27-25(28-13-17)30-20-14-29-32(15-20)21-8-9-31(5-2)16-21;/h10-15,21H,4-9,16H2,1-3H3,(H,27,28,30);1H2/t21-;/m0./s1. The minimum absolute atomic E-state index is 0. The summed E-state index contributed by atoms with van der Waals surface area (Å²) < 4.78 is 21.8. The van der Waals surface area contributed by atoms with Crippen molar-refractivity contribution in [3.8, 4) is 5.75 Å². The van der Waals surface area contributed by atoms with Gasteiger partial charge in [-0.15, -0.1) is 0 Å². The zero-order chi connectivity index (χ0) is 24.1. The second-order valence-electron chi connectivity index (χ2n) is 8.51. The first-order valence-corrected chi connectivity index (χ1v) is 11.7. The Morgan fingerprint density at radius 1 is 1.20 bits per heavy atom. The zero-order valence-corrected chi connectivity index (χ0v) is 21.4. The number of carbonyl (C=O) groups excluding carboxylic acids is 1. The van der Waals surface area contributed by atoms with Crippen molar-refractivity contribution in [2.45, 2.75) is 45.6 Å². The number of nitrogens with one attached hydrogen (secondary N) is 1. The van der Waals surface area contributed by atoms with Gasteiger partial charge in [-0.3, -0.25) is 9.48 Å². The van der Waals surface area contributed by atoms with E-state index < -0.39 is 5.82 Å². The summed E-state index contributed by atoms with van der Waals surface area (Å²) in [5, 5.41) is 7.69. The molecule has 1 aliphatic rings. The molecule has 4 rings (SSSR count). The molecule has 0 bridgehead atoms. The molecule has 0 unspecified atom stereocenters. The third-order valence-electron chi connectivity index (χ3n) is 6.29. The molecule has 1 atom stereocenters. The molecule has 10 heteroatoms. The summed E-state index contributed by atoms with van der Waals surface area (Å²) in [7, 11) is 1.40. The monoisotopic (exact) mass is 500 g/mol. The Labute approximate surface area is 212 Å². The third kappa shape index (κ3) is 6.37. The van der Waals surface area contributed by atoms with E-state index in [1.54, 1.807) is 31.6 Å². The van der Waals surface area contributed by atoms with Crippen molar-refractivity contribution in [2.24, 2.45) is 0 Å². The van der Waals surface area contributed by atoms with E-state index in [9.17, 15) is 9.18 Å². The molecule has 1 N–H and O–H groups in total. The number of benzene rings is 1. The first-order chi connectivity index (χ1) is 16.5. The lowest BCUT2D eigenvalue weighted by Gasteiger charge is -2.13. The molecular weight excluding hydrogens is 467 g/mol. The van der Waals surface area contributed by atoms with Gasteiger partial charge in [0.2, 0.25) is 5.95 Å². The van der Waals surface area contributed by atoms with Gasteiger partial charge >= 0.3 is 0 Å². The number of methoxy groups -OCH3 is 1. The first kappa shape index (κ1) is 26.6. The van der Waals surface area contributed by atoms with Gasteiger partial charge in [-0.2, -0.15) is 18.6 Å². The van der Waals surface area contributed by atoms with Crippen molar-refractivity contribution in [1.82, 2.24) is 24.6 Å². The van der Waals surface area contributed by atoms with E-state index in [0.29, 0.717) is 42.4 Å². The van der Waals surface area contributed by atoms with Crippen LogP contribution in [0.1, 0.15) is 54.2 Å². The van der Waals surface area contributed by atoms with Gasteiger partial charge in [0.05, 0.1) is 25.0 Å². The lowest BCUT2D eigenvalue weighted by Crippen LogP contribution is -2.21. The summed E-state index contributed by atoms with van der Waals surface area (Å²) in [4.78, 5) is 23.3. The average Bonchev–Trinajstić information content (AvgIpc) is 3.53. The lowest BCUT2D eigenvalue weighted by molar-refractivity contribution is 0.0987. The van der Waals surface area contributed by atoms with E-state index in [-0.39, 0.29) is 25.0 Å². The Kier molecular flexibility index (Phi) is 9.22. The van der Waals surface area contributed by atoms with Crippen molar-refractivity contribution >= 4 is 30.9 Å². The van der Waals surface area contributed by atoms with Gasteiger partial charge in [0.25, 0.3) is 0 Å². The fourth-order valence-corrected chi connectivity index (χ4v) is 4.23. The molecule has 2 aromatic heterocycles. The Morgan fingerprint density at radius 3 is 2.63 bits per heavy atom. The maximum atomic E-state index is 14.7. The number of hydrogen-bond acceptors (Lipinski definition) is 7. The quantitative estimate of drug-likeness (QED) is 0.415. The van der Waals surface area contributed by atoms with Crippen LogP contribution in [-0.4, -0.2) is 57.2 Å². The van der Waals surface area contributed by atoms with Crippen LogP contribution in [0.2, 0.25) is 0 Å². The number of anilines is 2. The molecule has 0 spiro atoms. The molecule has 8 nitrogen and oxygen atoms in total. The van der Waals surface area contributed by atoms with Crippen molar-refractivity contribution in [2.75, 3.05) is 32.1 Å². The molecule has 1 saturated heterocycles. The van der Waals surface area contributed by atoms with E-state index in [1.807, 2.05) is 10.9 Å². The summed E-state index contributed by atoms with van der Waals surface area (Å²) in [5.74, 6) is 0.0897. The fourth-order valence-electron chi connectivity index (χ4n) is 4.23. The summed E-state index contributed by atoms with van der Waals surface area (Å²) in [6, 6.07) is 3.47. The topological polar surface area (TPSA) is 85.2 Å². The molecule has 3 aromatic rings. The fraction of sp³-hybridized carbons (Fsp3) is 0.440. The zero-order valence-electron chi connectivity index (χ0n) is 20.4. The molecule has 35 heavy (non-hydrogen) atoms. The third-order valence-corrected chi connectivity index (χ3v) is 6.29. The Hall–Kier alpha value is -2.98. The summed E-state index contributed by atoms with van der Waals surface area (Å²) in [6.07, 6.45) is 9.63.